The van der Waals surface area contributed by atoms with Crippen LogP contribution in [0.15, 0.2) is 0 Å². The fourth-order valence-corrected chi connectivity index (χ4v) is 2.09. The van der Waals surface area contributed by atoms with E-state index in [4.69, 9.17) is 4.74 Å². The third-order valence-electron chi connectivity index (χ3n) is 3.05. The number of likely N-dealkylation sites (tertiary alicyclic amines) is 1. The number of hydrogen-bond acceptors (Lipinski definition) is 4. The van der Waals surface area contributed by atoms with Crippen molar-refractivity contribution in [1.29, 1.82) is 0 Å². The van der Waals surface area contributed by atoms with Crippen molar-refractivity contribution in [2.24, 2.45) is 5.92 Å². The van der Waals surface area contributed by atoms with E-state index >= 15 is 0 Å². The largest absolute Gasteiger partial charge is 0.465 e. The van der Waals surface area contributed by atoms with Crippen LogP contribution in [0.25, 0.3) is 0 Å². The molecule has 4 nitrogen and oxygen atoms in total. The van der Waals surface area contributed by atoms with Crippen molar-refractivity contribution >= 4 is 5.97 Å². The molecule has 1 fully saturated rings. The molecule has 0 aromatic heterocycles. The number of piperidine rings is 1. The van der Waals surface area contributed by atoms with Crippen molar-refractivity contribution in [3.63, 3.8) is 0 Å². The normalized spacial score (nSPS) is 18.6. The van der Waals surface area contributed by atoms with Crippen LogP contribution in [-0.2, 0) is 9.53 Å². The van der Waals surface area contributed by atoms with Gasteiger partial charge < -0.3 is 10.1 Å². The van der Waals surface area contributed by atoms with Gasteiger partial charge in [0.15, 0.2) is 0 Å². The summed E-state index contributed by atoms with van der Waals surface area (Å²) in [6.45, 7) is 9.13. The Morgan fingerprint density at radius 3 is 2.62 bits per heavy atom. The van der Waals surface area contributed by atoms with Gasteiger partial charge in [0.25, 0.3) is 0 Å². The standard InChI is InChI=1S/C12H24N2O2/c1-3-13-9-11-5-7-14(8-6-11)10-12(15)16-4-2/h11,13H,3-10H2,1-2H3. The highest BCUT2D eigenvalue weighted by molar-refractivity contribution is 5.71. The molecule has 94 valence electrons. The third-order valence-corrected chi connectivity index (χ3v) is 3.05. The number of hydrogen-bond donors (Lipinski definition) is 1. The lowest BCUT2D eigenvalue weighted by atomic mass is 9.97. The molecule has 1 N–H and O–H groups in total. The smallest absolute Gasteiger partial charge is 0.320 e. The fraction of sp³-hybridized carbons (Fsp3) is 0.917. The topological polar surface area (TPSA) is 41.6 Å². The van der Waals surface area contributed by atoms with Gasteiger partial charge in [-0.1, -0.05) is 6.92 Å². The van der Waals surface area contributed by atoms with Crippen molar-refractivity contribution in [2.45, 2.75) is 26.7 Å². The van der Waals surface area contributed by atoms with Crippen molar-refractivity contribution in [3.05, 3.63) is 0 Å². The summed E-state index contributed by atoms with van der Waals surface area (Å²) < 4.78 is 4.94. The zero-order valence-corrected chi connectivity index (χ0v) is 10.5. The average Bonchev–Trinajstić information content (AvgIpc) is 2.28. The van der Waals surface area contributed by atoms with Gasteiger partial charge in [-0.25, -0.2) is 0 Å². The quantitative estimate of drug-likeness (QED) is 0.685. The van der Waals surface area contributed by atoms with E-state index in [2.05, 4.69) is 17.1 Å². The maximum absolute atomic E-state index is 11.3. The molecule has 1 aliphatic rings. The molecular formula is C12H24N2O2. The van der Waals surface area contributed by atoms with Gasteiger partial charge >= 0.3 is 5.97 Å². The number of carbonyl (C=O) groups is 1. The van der Waals surface area contributed by atoms with Gasteiger partial charge in [0.05, 0.1) is 13.2 Å². The average molecular weight is 228 g/mol. The molecular weight excluding hydrogens is 204 g/mol. The van der Waals surface area contributed by atoms with Crippen LogP contribution in [0.4, 0.5) is 0 Å². The maximum Gasteiger partial charge on any atom is 0.320 e. The second kappa shape index (κ2) is 7.63. The van der Waals surface area contributed by atoms with Gasteiger partial charge in [-0.15, -0.1) is 0 Å². The summed E-state index contributed by atoms with van der Waals surface area (Å²) >= 11 is 0. The van der Waals surface area contributed by atoms with Crippen LogP contribution >= 0.6 is 0 Å². The number of nitrogens with one attached hydrogen (secondary N) is 1. The van der Waals surface area contributed by atoms with Gasteiger partial charge in [-0.05, 0) is 51.9 Å². The summed E-state index contributed by atoms with van der Waals surface area (Å²) in [5.74, 6) is 0.686. The summed E-state index contributed by atoms with van der Waals surface area (Å²) in [4.78, 5) is 13.5. The predicted octanol–water partition coefficient (Wildman–Crippen LogP) is 0.871. The van der Waals surface area contributed by atoms with E-state index in [1.54, 1.807) is 0 Å². The number of ether oxygens (including phenoxy) is 1. The Balaban J connectivity index is 2.14. The van der Waals surface area contributed by atoms with Crippen LogP contribution in [0.5, 0.6) is 0 Å². The second-order valence-corrected chi connectivity index (χ2v) is 4.33. The lowest BCUT2D eigenvalue weighted by Gasteiger charge is -2.31. The Morgan fingerprint density at radius 1 is 1.38 bits per heavy atom. The molecule has 0 bridgehead atoms. The van der Waals surface area contributed by atoms with Crippen LogP contribution in [0.3, 0.4) is 0 Å². The van der Waals surface area contributed by atoms with E-state index in [1.807, 2.05) is 6.92 Å². The number of rotatable bonds is 6. The molecule has 0 amide bonds. The molecule has 1 rings (SSSR count). The highest BCUT2D eigenvalue weighted by Crippen LogP contribution is 2.15. The summed E-state index contributed by atoms with van der Waals surface area (Å²) in [7, 11) is 0. The lowest BCUT2D eigenvalue weighted by Crippen LogP contribution is -2.40. The molecule has 4 heteroatoms. The summed E-state index contributed by atoms with van der Waals surface area (Å²) in [6, 6.07) is 0. The van der Waals surface area contributed by atoms with Crippen LogP contribution in [-0.4, -0.2) is 50.2 Å². The minimum Gasteiger partial charge on any atom is -0.465 e. The first kappa shape index (κ1) is 13.5. The van der Waals surface area contributed by atoms with E-state index in [0.717, 1.165) is 32.1 Å². The highest BCUT2D eigenvalue weighted by atomic mass is 16.5. The van der Waals surface area contributed by atoms with Crippen molar-refractivity contribution in [3.8, 4) is 0 Å². The van der Waals surface area contributed by atoms with E-state index in [0.29, 0.717) is 13.2 Å². The molecule has 0 radical (unpaired) electrons. The molecule has 1 aliphatic heterocycles. The van der Waals surface area contributed by atoms with Crippen LogP contribution in [0.2, 0.25) is 0 Å². The van der Waals surface area contributed by atoms with Gasteiger partial charge in [-0.3, -0.25) is 9.69 Å². The van der Waals surface area contributed by atoms with Crippen molar-refractivity contribution < 1.29 is 9.53 Å². The molecule has 0 unspecified atom stereocenters. The van der Waals surface area contributed by atoms with E-state index in [1.165, 1.54) is 12.8 Å². The molecule has 1 heterocycles. The zero-order valence-electron chi connectivity index (χ0n) is 10.5. The number of carbonyl (C=O) groups excluding carboxylic acids is 1. The van der Waals surface area contributed by atoms with Crippen LogP contribution in [0, 0.1) is 5.92 Å². The van der Waals surface area contributed by atoms with Crippen molar-refractivity contribution in [1.82, 2.24) is 10.2 Å². The SMILES string of the molecule is CCNCC1CCN(CC(=O)OCC)CC1. The summed E-state index contributed by atoms with van der Waals surface area (Å²) in [5.41, 5.74) is 0. The Bertz CT molecular complexity index is 201. The Kier molecular flexibility index (Phi) is 6.42. The predicted molar refractivity (Wildman–Crippen MR) is 64.3 cm³/mol. The Labute approximate surface area is 98.3 Å². The molecule has 1 saturated heterocycles. The monoisotopic (exact) mass is 228 g/mol. The van der Waals surface area contributed by atoms with Crippen LogP contribution < -0.4 is 5.32 Å². The molecule has 0 aliphatic carbocycles. The maximum atomic E-state index is 11.3. The summed E-state index contributed by atoms with van der Waals surface area (Å²) in [5, 5.41) is 3.38. The van der Waals surface area contributed by atoms with Gasteiger partial charge in [0.1, 0.15) is 0 Å². The van der Waals surface area contributed by atoms with E-state index < -0.39 is 0 Å². The highest BCUT2D eigenvalue weighted by Gasteiger charge is 2.20. The molecule has 0 atom stereocenters. The second-order valence-electron chi connectivity index (χ2n) is 4.33. The molecule has 0 saturated carbocycles. The third kappa shape index (κ3) is 4.94. The minimum atomic E-state index is -0.0902. The van der Waals surface area contributed by atoms with E-state index in [-0.39, 0.29) is 5.97 Å². The van der Waals surface area contributed by atoms with E-state index in [9.17, 15) is 4.79 Å². The Hall–Kier alpha value is -0.610. The molecule has 0 aromatic rings. The van der Waals surface area contributed by atoms with Crippen LogP contribution in [0.1, 0.15) is 26.7 Å². The molecule has 16 heavy (non-hydrogen) atoms. The summed E-state index contributed by atoms with van der Waals surface area (Å²) in [6.07, 6.45) is 2.37. The van der Waals surface area contributed by atoms with Crippen molar-refractivity contribution in [2.75, 3.05) is 39.3 Å². The number of esters is 1. The zero-order chi connectivity index (χ0) is 11.8. The molecule has 0 spiro atoms. The van der Waals surface area contributed by atoms with Gasteiger partial charge in [0, 0.05) is 0 Å². The van der Waals surface area contributed by atoms with Gasteiger partial charge in [0.2, 0.25) is 0 Å². The first-order chi connectivity index (χ1) is 7.76. The first-order valence-corrected chi connectivity index (χ1v) is 6.35. The minimum absolute atomic E-state index is 0.0902. The fourth-order valence-electron chi connectivity index (χ4n) is 2.09. The first-order valence-electron chi connectivity index (χ1n) is 6.35. The Morgan fingerprint density at radius 2 is 2.06 bits per heavy atom. The lowest BCUT2D eigenvalue weighted by molar-refractivity contribution is -0.144. The number of nitrogens with zero attached hydrogens (tertiary/aromatic N) is 1. The van der Waals surface area contributed by atoms with Gasteiger partial charge in [-0.2, -0.15) is 0 Å². The molecule has 0 aromatic carbocycles.